The lowest BCUT2D eigenvalue weighted by atomic mass is 10.1. The molecule has 0 amide bonds. The molecule has 0 unspecified atom stereocenters. The Hall–Kier alpha value is -1.38. The van der Waals surface area contributed by atoms with Crippen LogP contribution in [0.25, 0.3) is 0 Å². The fourth-order valence-electron chi connectivity index (χ4n) is 1.55. The Labute approximate surface area is 131 Å². The first-order chi connectivity index (χ1) is 10.0. The Morgan fingerprint density at radius 3 is 2.14 bits per heavy atom. The highest BCUT2D eigenvalue weighted by molar-refractivity contribution is 7.89. The van der Waals surface area contributed by atoms with Gasteiger partial charge in [-0.3, -0.25) is 0 Å². The summed E-state index contributed by atoms with van der Waals surface area (Å²) in [5, 5.41) is 0. The van der Waals surface area contributed by atoms with E-state index in [4.69, 9.17) is 9.47 Å². The van der Waals surface area contributed by atoms with E-state index < -0.39 is 26.3 Å². The molecule has 0 aliphatic rings. The number of hydrogen-bond acceptors (Lipinski definition) is 5. The molecule has 0 saturated heterocycles. The third kappa shape index (κ3) is 4.08. The molecule has 0 fully saturated rings. The second-order valence-electron chi connectivity index (χ2n) is 5.67. The predicted molar refractivity (Wildman–Crippen MR) is 82.5 cm³/mol. The van der Waals surface area contributed by atoms with Gasteiger partial charge in [0.15, 0.2) is 11.5 Å². The summed E-state index contributed by atoms with van der Waals surface area (Å²) in [6.07, 6.45) is 0. The van der Waals surface area contributed by atoms with Gasteiger partial charge < -0.3 is 14.4 Å². The fourth-order valence-corrected chi connectivity index (χ4v) is 2.83. The number of halogens is 1. The molecule has 6 nitrogen and oxygen atoms in total. The van der Waals surface area contributed by atoms with Crippen LogP contribution in [0.2, 0.25) is 0 Å². The maximum atomic E-state index is 14.1. The first kappa shape index (κ1) is 18.7. The van der Waals surface area contributed by atoms with Gasteiger partial charge in [0.2, 0.25) is 10.0 Å². The van der Waals surface area contributed by atoms with Crippen molar-refractivity contribution in [1.29, 1.82) is 0 Å². The van der Waals surface area contributed by atoms with Crippen molar-refractivity contribution in [1.82, 2.24) is 9.62 Å². The van der Waals surface area contributed by atoms with E-state index in [9.17, 15) is 12.8 Å². The average Bonchev–Trinajstić information content (AvgIpc) is 2.44. The largest absolute Gasteiger partial charge is 0.493 e. The molecule has 0 spiro atoms. The van der Waals surface area contributed by atoms with Gasteiger partial charge in [-0.25, -0.2) is 17.5 Å². The molecule has 1 N–H and O–H groups in total. The van der Waals surface area contributed by atoms with Gasteiger partial charge in [-0.2, -0.15) is 0 Å². The summed E-state index contributed by atoms with van der Waals surface area (Å²) < 4.78 is 51.1. The monoisotopic (exact) mass is 334 g/mol. The molecular formula is C14H23FN2O4S. The molecule has 0 radical (unpaired) electrons. The van der Waals surface area contributed by atoms with Gasteiger partial charge in [-0.1, -0.05) is 0 Å². The first-order valence-electron chi connectivity index (χ1n) is 6.64. The zero-order valence-electron chi connectivity index (χ0n) is 13.7. The van der Waals surface area contributed by atoms with E-state index in [0.717, 1.165) is 12.1 Å². The summed E-state index contributed by atoms with van der Waals surface area (Å²) in [5.74, 6) is -0.614. The van der Waals surface area contributed by atoms with Crippen LogP contribution in [0.4, 0.5) is 4.39 Å². The van der Waals surface area contributed by atoms with E-state index in [2.05, 4.69) is 4.72 Å². The van der Waals surface area contributed by atoms with E-state index in [-0.39, 0.29) is 18.0 Å². The summed E-state index contributed by atoms with van der Waals surface area (Å²) in [5.41, 5.74) is -0.417. The van der Waals surface area contributed by atoms with Crippen LogP contribution in [0.15, 0.2) is 17.0 Å². The van der Waals surface area contributed by atoms with Crippen LogP contribution in [0.3, 0.4) is 0 Å². The second kappa shape index (κ2) is 6.80. The number of benzene rings is 1. The molecule has 0 saturated carbocycles. The van der Waals surface area contributed by atoms with Crippen molar-refractivity contribution in [3.63, 3.8) is 0 Å². The number of sulfonamides is 1. The topological polar surface area (TPSA) is 67.9 Å². The van der Waals surface area contributed by atoms with Crippen molar-refractivity contribution < 1.29 is 22.3 Å². The SMILES string of the molecule is COc1cc(F)c(S(=O)(=O)NCC(C)(C)N(C)C)cc1OC. The van der Waals surface area contributed by atoms with E-state index in [1.165, 1.54) is 14.2 Å². The zero-order valence-corrected chi connectivity index (χ0v) is 14.5. The van der Waals surface area contributed by atoms with Crippen LogP contribution in [0, 0.1) is 5.82 Å². The molecular weight excluding hydrogens is 311 g/mol. The smallest absolute Gasteiger partial charge is 0.243 e. The lowest BCUT2D eigenvalue weighted by Crippen LogP contribution is -2.48. The number of nitrogens with one attached hydrogen (secondary N) is 1. The Morgan fingerprint density at radius 1 is 1.18 bits per heavy atom. The molecule has 22 heavy (non-hydrogen) atoms. The molecule has 0 bridgehead atoms. The number of hydrogen-bond donors (Lipinski definition) is 1. The van der Waals surface area contributed by atoms with E-state index in [0.29, 0.717) is 0 Å². The summed E-state index contributed by atoms with van der Waals surface area (Å²) in [6.45, 7) is 3.89. The number of likely N-dealkylation sites (N-methyl/N-ethyl adjacent to an activating group) is 1. The Balaban J connectivity index is 3.13. The molecule has 0 atom stereocenters. The summed E-state index contributed by atoms with van der Waals surface area (Å²) in [7, 11) is 2.38. The minimum absolute atomic E-state index is 0.132. The van der Waals surface area contributed by atoms with Crippen molar-refractivity contribution in [3.05, 3.63) is 17.9 Å². The molecule has 0 aliphatic carbocycles. The number of nitrogens with zero attached hydrogens (tertiary/aromatic N) is 1. The van der Waals surface area contributed by atoms with Gasteiger partial charge in [0.1, 0.15) is 10.7 Å². The van der Waals surface area contributed by atoms with Gasteiger partial charge in [0.05, 0.1) is 14.2 Å². The predicted octanol–water partition coefficient (Wildman–Crippen LogP) is 1.46. The van der Waals surface area contributed by atoms with E-state index in [1.54, 1.807) is 0 Å². The lowest BCUT2D eigenvalue weighted by Gasteiger charge is -2.32. The summed E-state index contributed by atoms with van der Waals surface area (Å²) in [4.78, 5) is 1.40. The number of methoxy groups -OCH3 is 2. The highest BCUT2D eigenvalue weighted by atomic mass is 32.2. The van der Waals surface area contributed by atoms with Crippen molar-refractivity contribution in [2.24, 2.45) is 0 Å². The van der Waals surface area contributed by atoms with Gasteiger partial charge in [0.25, 0.3) is 0 Å². The Kier molecular flexibility index (Phi) is 5.77. The Morgan fingerprint density at radius 2 is 1.68 bits per heavy atom. The molecule has 126 valence electrons. The van der Waals surface area contributed by atoms with Gasteiger partial charge >= 0.3 is 0 Å². The first-order valence-corrected chi connectivity index (χ1v) is 8.12. The third-order valence-corrected chi connectivity index (χ3v) is 5.05. The van der Waals surface area contributed by atoms with Crippen LogP contribution in [0.1, 0.15) is 13.8 Å². The van der Waals surface area contributed by atoms with Crippen molar-refractivity contribution in [2.75, 3.05) is 34.9 Å². The minimum atomic E-state index is -4.00. The van der Waals surface area contributed by atoms with Gasteiger partial charge in [0, 0.05) is 24.2 Å². The van der Waals surface area contributed by atoms with E-state index >= 15 is 0 Å². The third-order valence-electron chi connectivity index (χ3n) is 3.63. The molecule has 1 aromatic rings. The standard InChI is InChI=1S/C14H23FN2O4S/c1-14(2,17(3)4)9-16-22(18,19)13-8-12(21-6)11(20-5)7-10(13)15/h7-8,16H,9H2,1-6H3. The molecule has 0 heterocycles. The van der Waals surface area contributed by atoms with E-state index in [1.807, 2.05) is 32.8 Å². The van der Waals surface area contributed by atoms with Crippen LogP contribution >= 0.6 is 0 Å². The molecule has 1 aromatic carbocycles. The minimum Gasteiger partial charge on any atom is -0.493 e. The highest BCUT2D eigenvalue weighted by Gasteiger charge is 2.27. The Bertz CT molecular complexity index is 630. The van der Waals surface area contributed by atoms with Crippen LogP contribution in [-0.4, -0.2) is 53.7 Å². The van der Waals surface area contributed by atoms with Crippen molar-refractivity contribution in [2.45, 2.75) is 24.3 Å². The molecule has 0 aliphatic heterocycles. The quantitative estimate of drug-likeness (QED) is 0.818. The second-order valence-corrected chi connectivity index (χ2v) is 7.40. The number of rotatable bonds is 7. The molecule has 0 aromatic heterocycles. The maximum Gasteiger partial charge on any atom is 0.243 e. The maximum absolute atomic E-state index is 14.1. The lowest BCUT2D eigenvalue weighted by molar-refractivity contribution is 0.199. The fraction of sp³-hybridized carbons (Fsp3) is 0.571. The van der Waals surface area contributed by atoms with Crippen LogP contribution in [0.5, 0.6) is 11.5 Å². The van der Waals surface area contributed by atoms with Gasteiger partial charge in [-0.05, 0) is 27.9 Å². The van der Waals surface area contributed by atoms with Crippen LogP contribution in [-0.2, 0) is 10.0 Å². The average molecular weight is 334 g/mol. The molecule has 1 rings (SSSR count). The van der Waals surface area contributed by atoms with Gasteiger partial charge in [-0.15, -0.1) is 0 Å². The highest BCUT2D eigenvalue weighted by Crippen LogP contribution is 2.31. The van der Waals surface area contributed by atoms with Crippen LogP contribution < -0.4 is 14.2 Å². The van der Waals surface area contributed by atoms with Crippen molar-refractivity contribution in [3.8, 4) is 11.5 Å². The number of ether oxygens (including phenoxy) is 2. The molecule has 8 heteroatoms. The summed E-state index contributed by atoms with van der Waals surface area (Å²) >= 11 is 0. The zero-order chi connectivity index (χ0) is 17.1. The van der Waals surface area contributed by atoms with Crippen molar-refractivity contribution >= 4 is 10.0 Å². The normalized spacial score (nSPS) is 12.5. The summed E-state index contributed by atoms with van der Waals surface area (Å²) in [6, 6.07) is 2.10.